The molecule has 1 unspecified atom stereocenters. The fourth-order valence-corrected chi connectivity index (χ4v) is 4.16. The molecule has 31 heavy (non-hydrogen) atoms. The number of rotatable bonds is 17. The molecule has 1 heterocycles. The second-order valence-electron chi connectivity index (χ2n) is 8.81. The molecule has 3 nitrogen and oxygen atoms in total. The molecule has 1 atom stereocenters. The summed E-state index contributed by atoms with van der Waals surface area (Å²) in [6.07, 6.45) is 18.8. The quantitative estimate of drug-likeness (QED) is 0.237. The van der Waals surface area contributed by atoms with E-state index in [0.29, 0.717) is 6.61 Å². The number of carbonyl (C=O) groups is 1. The van der Waals surface area contributed by atoms with E-state index in [1.54, 1.807) is 6.20 Å². The second-order valence-corrected chi connectivity index (χ2v) is 8.81. The molecule has 0 aliphatic carbocycles. The third kappa shape index (κ3) is 9.95. The molecule has 0 spiro atoms. The van der Waals surface area contributed by atoms with Crippen LogP contribution in [0.2, 0.25) is 0 Å². The Morgan fingerprint density at radius 1 is 0.806 bits per heavy atom. The zero-order valence-electron chi connectivity index (χ0n) is 19.9. The van der Waals surface area contributed by atoms with Crippen LogP contribution in [0.5, 0.6) is 0 Å². The summed E-state index contributed by atoms with van der Waals surface area (Å²) in [5, 5.41) is 0. The van der Waals surface area contributed by atoms with Crippen LogP contribution in [0.3, 0.4) is 0 Å². The molecule has 0 bridgehead atoms. The van der Waals surface area contributed by atoms with Crippen molar-refractivity contribution < 1.29 is 9.53 Å². The van der Waals surface area contributed by atoms with Crippen molar-refractivity contribution in [2.45, 2.75) is 116 Å². The molecular weight excluding hydrogens is 382 g/mol. The standard InChI is InChI=1S/C28H43NO2/c1-3-5-6-7-8-9-10-11-12-13-14-18-21-25-22-29-26(4-2)28(27(25)30)31-23-24-19-16-15-17-20-24/h15-17,19-20,22,28H,3-14,18,21,23H2,1-2H3. The maximum absolute atomic E-state index is 13.0. The lowest BCUT2D eigenvalue weighted by atomic mass is 9.94. The predicted octanol–water partition coefficient (Wildman–Crippen LogP) is 7.98. The van der Waals surface area contributed by atoms with Crippen molar-refractivity contribution in [3.63, 3.8) is 0 Å². The number of Topliss-reactive ketones (excluding diaryl/α,β-unsaturated/α-hetero) is 1. The van der Waals surface area contributed by atoms with E-state index in [0.717, 1.165) is 36.1 Å². The zero-order chi connectivity index (χ0) is 22.2. The third-order valence-corrected chi connectivity index (χ3v) is 6.16. The number of hydrogen-bond acceptors (Lipinski definition) is 3. The van der Waals surface area contributed by atoms with Crippen LogP contribution in [0.1, 0.15) is 109 Å². The van der Waals surface area contributed by atoms with Crippen LogP contribution >= 0.6 is 0 Å². The summed E-state index contributed by atoms with van der Waals surface area (Å²) in [5.74, 6) is 0.117. The molecule has 0 aromatic heterocycles. The molecule has 172 valence electrons. The number of benzene rings is 1. The van der Waals surface area contributed by atoms with Crippen molar-refractivity contribution in [2.24, 2.45) is 4.99 Å². The van der Waals surface area contributed by atoms with Gasteiger partial charge < -0.3 is 4.74 Å². The van der Waals surface area contributed by atoms with Crippen LogP contribution in [0.15, 0.2) is 47.1 Å². The molecular formula is C28H43NO2. The first-order chi connectivity index (χ1) is 15.3. The fourth-order valence-electron chi connectivity index (χ4n) is 4.16. The summed E-state index contributed by atoms with van der Waals surface area (Å²) in [6.45, 7) is 4.76. The molecule has 0 saturated heterocycles. The molecule has 0 saturated carbocycles. The number of unbranched alkanes of at least 4 members (excludes halogenated alkanes) is 11. The highest BCUT2D eigenvalue weighted by atomic mass is 16.5. The highest BCUT2D eigenvalue weighted by Gasteiger charge is 2.29. The van der Waals surface area contributed by atoms with Crippen molar-refractivity contribution in [3.8, 4) is 0 Å². The highest BCUT2D eigenvalue weighted by Crippen LogP contribution is 2.21. The van der Waals surface area contributed by atoms with Gasteiger partial charge in [0.15, 0.2) is 11.9 Å². The van der Waals surface area contributed by atoms with E-state index in [4.69, 9.17) is 4.74 Å². The normalized spacial score (nSPS) is 16.3. The van der Waals surface area contributed by atoms with E-state index in [-0.39, 0.29) is 5.78 Å². The third-order valence-electron chi connectivity index (χ3n) is 6.16. The second kappa shape index (κ2) is 16.0. The Bertz CT molecular complexity index is 678. The van der Waals surface area contributed by atoms with Gasteiger partial charge in [-0.1, -0.05) is 115 Å². The van der Waals surface area contributed by atoms with Crippen molar-refractivity contribution in [2.75, 3.05) is 0 Å². The predicted molar refractivity (Wildman–Crippen MR) is 132 cm³/mol. The number of aliphatic imine (C=N–C) groups is 1. The first kappa shape index (κ1) is 25.5. The van der Waals surface area contributed by atoms with Crippen molar-refractivity contribution in [1.29, 1.82) is 0 Å². The molecule has 0 fully saturated rings. The van der Waals surface area contributed by atoms with Gasteiger partial charge in [0, 0.05) is 11.8 Å². The fraction of sp³-hybridized carbons (Fsp3) is 0.643. The van der Waals surface area contributed by atoms with E-state index in [1.165, 1.54) is 70.6 Å². The summed E-state index contributed by atoms with van der Waals surface area (Å²) < 4.78 is 6.01. The minimum Gasteiger partial charge on any atom is -0.359 e. The van der Waals surface area contributed by atoms with E-state index in [9.17, 15) is 4.79 Å². The van der Waals surface area contributed by atoms with Gasteiger partial charge in [0.1, 0.15) is 0 Å². The van der Waals surface area contributed by atoms with E-state index in [1.807, 2.05) is 37.3 Å². The largest absolute Gasteiger partial charge is 0.359 e. The Kier molecular flexibility index (Phi) is 13.1. The molecule has 3 heteroatoms. The molecule has 0 N–H and O–H groups in total. The molecule has 1 aliphatic heterocycles. The first-order valence-corrected chi connectivity index (χ1v) is 12.7. The molecule has 0 radical (unpaired) electrons. The molecule has 1 aliphatic rings. The van der Waals surface area contributed by atoms with E-state index < -0.39 is 6.10 Å². The summed E-state index contributed by atoms with van der Waals surface area (Å²) in [4.78, 5) is 17.5. The van der Waals surface area contributed by atoms with Gasteiger partial charge in [-0.25, -0.2) is 0 Å². The zero-order valence-corrected chi connectivity index (χ0v) is 19.9. The van der Waals surface area contributed by atoms with E-state index >= 15 is 0 Å². The number of hydrogen-bond donors (Lipinski definition) is 0. The van der Waals surface area contributed by atoms with Crippen molar-refractivity contribution >= 4 is 11.5 Å². The number of nitrogens with zero attached hydrogens (tertiary/aromatic N) is 1. The van der Waals surface area contributed by atoms with Crippen molar-refractivity contribution in [1.82, 2.24) is 0 Å². The van der Waals surface area contributed by atoms with Crippen LogP contribution < -0.4 is 0 Å². The van der Waals surface area contributed by atoms with Crippen LogP contribution in [0, 0.1) is 0 Å². The SMILES string of the molecule is CCCCCCCCCCCCCCC1=CN=C(CC)C(OCc2ccccc2)C1=O. The summed E-state index contributed by atoms with van der Waals surface area (Å²) in [6, 6.07) is 10.0. The van der Waals surface area contributed by atoms with Gasteiger partial charge in [-0.2, -0.15) is 0 Å². The van der Waals surface area contributed by atoms with Gasteiger partial charge in [0.25, 0.3) is 0 Å². The Labute approximate surface area is 190 Å². The molecule has 0 amide bonds. The lowest BCUT2D eigenvalue weighted by molar-refractivity contribution is -0.123. The first-order valence-electron chi connectivity index (χ1n) is 12.7. The summed E-state index contributed by atoms with van der Waals surface area (Å²) in [5.41, 5.74) is 2.77. The van der Waals surface area contributed by atoms with Crippen LogP contribution in [0.4, 0.5) is 0 Å². The summed E-state index contributed by atoms with van der Waals surface area (Å²) in [7, 11) is 0. The van der Waals surface area contributed by atoms with Gasteiger partial charge >= 0.3 is 0 Å². The molecule has 1 aromatic carbocycles. The van der Waals surface area contributed by atoms with Gasteiger partial charge in [0.05, 0.1) is 12.3 Å². The average molecular weight is 426 g/mol. The minimum absolute atomic E-state index is 0.117. The Morgan fingerprint density at radius 3 is 1.97 bits per heavy atom. The monoisotopic (exact) mass is 425 g/mol. The average Bonchev–Trinajstić information content (AvgIpc) is 2.80. The minimum atomic E-state index is -0.512. The van der Waals surface area contributed by atoms with Crippen LogP contribution in [-0.4, -0.2) is 17.6 Å². The molecule has 2 rings (SSSR count). The summed E-state index contributed by atoms with van der Waals surface area (Å²) >= 11 is 0. The maximum atomic E-state index is 13.0. The van der Waals surface area contributed by atoms with Gasteiger partial charge in [-0.15, -0.1) is 0 Å². The Balaban J connectivity index is 1.61. The van der Waals surface area contributed by atoms with Gasteiger partial charge in [0.2, 0.25) is 0 Å². The van der Waals surface area contributed by atoms with Crippen molar-refractivity contribution in [3.05, 3.63) is 47.7 Å². The lowest BCUT2D eigenvalue weighted by Gasteiger charge is -2.22. The van der Waals surface area contributed by atoms with Crippen LogP contribution in [-0.2, 0) is 16.1 Å². The van der Waals surface area contributed by atoms with Gasteiger partial charge in [-0.05, 0) is 24.8 Å². The number of ether oxygens (including phenoxy) is 1. The lowest BCUT2D eigenvalue weighted by Crippen LogP contribution is -2.36. The number of ketones is 1. The molecule has 1 aromatic rings. The Morgan fingerprint density at radius 2 is 1.39 bits per heavy atom. The topological polar surface area (TPSA) is 38.7 Å². The number of carbonyl (C=O) groups excluding carboxylic acids is 1. The van der Waals surface area contributed by atoms with E-state index in [2.05, 4.69) is 11.9 Å². The highest BCUT2D eigenvalue weighted by molar-refractivity contribution is 6.16. The van der Waals surface area contributed by atoms with Gasteiger partial charge in [-0.3, -0.25) is 9.79 Å². The maximum Gasteiger partial charge on any atom is 0.194 e. The smallest absolute Gasteiger partial charge is 0.194 e. The van der Waals surface area contributed by atoms with Crippen LogP contribution in [0.25, 0.3) is 0 Å². The Hall–Kier alpha value is -1.74.